The number of alkyl halides is 4. The highest BCUT2D eigenvalue weighted by Crippen LogP contribution is 2.43. The molecule has 0 aromatic heterocycles. The first-order valence-corrected chi connectivity index (χ1v) is 3.91. The van der Waals surface area contributed by atoms with Crippen molar-refractivity contribution >= 4 is 23.2 Å². The highest BCUT2D eigenvalue weighted by Gasteiger charge is 2.52. The Hall–Kier alpha value is -0.150. The highest BCUT2D eigenvalue weighted by atomic mass is 35.5. The van der Waals surface area contributed by atoms with Crippen molar-refractivity contribution in [2.45, 2.75) is 17.5 Å². The number of hydrogen-bond acceptors (Lipinski definition) is 0. The third-order valence-electron chi connectivity index (χ3n) is 1.53. The van der Waals surface area contributed by atoms with Crippen molar-refractivity contribution in [3.8, 4) is 0 Å². The summed E-state index contributed by atoms with van der Waals surface area (Å²) in [6.45, 7) is 0. The van der Waals surface area contributed by atoms with Gasteiger partial charge in [0.25, 0.3) is 0 Å². The lowest BCUT2D eigenvalue weighted by molar-refractivity contribution is -0.149. The van der Waals surface area contributed by atoms with E-state index in [0.29, 0.717) is 0 Å². The van der Waals surface area contributed by atoms with Gasteiger partial charge in [-0.1, -0.05) is 17.7 Å². The van der Waals surface area contributed by atoms with Crippen LogP contribution in [0.1, 0.15) is 6.42 Å². The fraction of sp³-hybridized carbons (Fsp3) is 0.429. The molecular formula is C7H5Cl2F3. The summed E-state index contributed by atoms with van der Waals surface area (Å²) in [5, 5.41) is 0.0218. The average Bonchev–Trinajstić information content (AvgIpc) is 1.83. The molecule has 1 rings (SSSR count). The minimum atomic E-state index is -4.46. The fourth-order valence-electron chi connectivity index (χ4n) is 0.866. The summed E-state index contributed by atoms with van der Waals surface area (Å²) < 4.78 is 36.7. The Bertz CT molecular complexity index is 242. The molecule has 0 aromatic rings. The van der Waals surface area contributed by atoms with Crippen molar-refractivity contribution in [2.75, 3.05) is 0 Å². The average molecular weight is 217 g/mol. The maximum atomic E-state index is 12.2. The Morgan fingerprint density at radius 1 is 1.42 bits per heavy atom. The summed E-state index contributed by atoms with van der Waals surface area (Å²) in [5.41, 5.74) is 0. The molecule has 12 heavy (non-hydrogen) atoms. The SMILES string of the molecule is FC(F)(F)C1(Cl)C=C(Cl)C=CC1. The van der Waals surface area contributed by atoms with Gasteiger partial charge < -0.3 is 0 Å². The van der Waals surface area contributed by atoms with Crippen LogP contribution in [0.3, 0.4) is 0 Å². The van der Waals surface area contributed by atoms with Crippen molar-refractivity contribution in [3.05, 3.63) is 23.3 Å². The molecule has 0 radical (unpaired) electrons. The molecule has 0 heterocycles. The van der Waals surface area contributed by atoms with Crippen molar-refractivity contribution in [3.63, 3.8) is 0 Å². The molecule has 0 N–H and O–H groups in total. The lowest BCUT2D eigenvalue weighted by Gasteiger charge is -2.27. The highest BCUT2D eigenvalue weighted by molar-refractivity contribution is 6.33. The third kappa shape index (κ3) is 1.77. The van der Waals surface area contributed by atoms with Gasteiger partial charge in [-0.15, -0.1) is 11.6 Å². The first kappa shape index (κ1) is 9.93. The molecule has 5 heteroatoms. The Morgan fingerprint density at radius 2 is 2.00 bits per heavy atom. The van der Waals surface area contributed by atoms with E-state index in [9.17, 15) is 13.2 Å². The molecule has 1 aliphatic rings. The van der Waals surface area contributed by atoms with Gasteiger partial charge in [-0.2, -0.15) is 13.2 Å². The van der Waals surface area contributed by atoms with E-state index in [4.69, 9.17) is 23.2 Å². The van der Waals surface area contributed by atoms with Crippen LogP contribution in [0.25, 0.3) is 0 Å². The van der Waals surface area contributed by atoms with Crippen molar-refractivity contribution in [1.29, 1.82) is 0 Å². The maximum Gasteiger partial charge on any atom is 0.411 e. The molecule has 1 aliphatic carbocycles. The van der Waals surface area contributed by atoms with E-state index in [2.05, 4.69) is 0 Å². The number of rotatable bonds is 0. The zero-order valence-electron chi connectivity index (χ0n) is 5.83. The molecule has 68 valence electrons. The van der Waals surface area contributed by atoms with E-state index < -0.39 is 11.1 Å². The number of halogens is 5. The van der Waals surface area contributed by atoms with E-state index in [1.54, 1.807) is 0 Å². The van der Waals surface area contributed by atoms with Gasteiger partial charge in [0.05, 0.1) is 0 Å². The molecule has 1 atom stereocenters. The standard InChI is InChI=1S/C7H5Cl2F3/c8-5-2-1-3-6(9,4-5)7(10,11)12/h1-2,4H,3H2. The summed E-state index contributed by atoms with van der Waals surface area (Å²) in [5.74, 6) is 0. The molecule has 0 aliphatic heterocycles. The fourth-order valence-corrected chi connectivity index (χ4v) is 1.40. The van der Waals surface area contributed by atoms with Crippen LogP contribution in [0.5, 0.6) is 0 Å². The van der Waals surface area contributed by atoms with Crippen molar-refractivity contribution < 1.29 is 13.2 Å². The molecule has 0 aromatic carbocycles. The second-order valence-corrected chi connectivity index (χ2v) is 3.61. The van der Waals surface area contributed by atoms with Gasteiger partial charge in [0, 0.05) is 5.03 Å². The molecule has 0 bridgehead atoms. The first-order valence-electron chi connectivity index (χ1n) is 3.16. The quantitative estimate of drug-likeness (QED) is 0.543. The molecule has 0 fully saturated rings. The maximum absolute atomic E-state index is 12.2. The zero-order valence-corrected chi connectivity index (χ0v) is 7.34. The minimum absolute atomic E-state index is 0.0218. The van der Waals surface area contributed by atoms with E-state index in [0.717, 1.165) is 6.08 Å². The van der Waals surface area contributed by atoms with Crippen LogP contribution in [0.2, 0.25) is 0 Å². The van der Waals surface area contributed by atoms with Crippen LogP contribution < -0.4 is 0 Å². The van der Waals surface area contributed by atoms with Crippen LogP contribution >= 0.6 is 23.2 Å². The first-order chi connectivity index (χ1) is 5.35. The lowest BCUT2D eigenvalue weighted by Crippen LogP contribution is -2.38. The molecule has 0 spiro atoms. The van der Waals surface area contributed by atoms with Crippen LogP contribution in [0.4, 0.5) is 13.2 Å². The van der Waals surface area contributed by atoms with Crippen molar-refractivity contribution in [1.82, 2.24) is 0 Å². The third-order valence-corrected chi connectivity index (χ3v) is 2.24. The van der Waals surface area contributed by atoms with E-state index in [1.165, 1.54) is 12.2 Å². The molecule has 0 saturated heterocycles. The van der Waals surface area contributed by atoms with Crippen LogP contribution in [-0.4, -0.2) is 11.1 Å². The summed E-state index contributed by atoms with van der Waals surface area (Å²) in [6, 6.07) is 0. The predicted octanol–water partition coefficient (Wildman–Crippen LogP) is 3.61. The van der Waals surface area contributed by atoms with Gasteiger partial charge in [-0.05, 0) is 18.6 Å². The minimum Gasteiger partial charge on any atom is -0.169 e. The number of hydrogen-bond donors (Lipinski definition) is 0. The van der Waals surface area contributed by atoms with Gasteiger partial charge >= 0.3 is 6.18 Å². The van der Waals surface area contributed by atoms with Gasteiger partial charge in [0.15, 0.2) is 4.87 Å². The zero-order chi connectivity index (χ0) is 9.41. The van der Waals surface area contributed by atoms with Crippen molar-refractivity contribution in [2.24, 2.45) is 0 Å². The second kappa shape index (κ2) is 2.96. The Kier molecular flexibility index (Phi) is 2.45. The molecular weight excluding hydrogens is 212 g/mol. The van der Waals surface area contributed by atoms with Crippen LogP contribution in [0, 0.1) is 0 Å². The smallest absolute Gasteiger partial charge is 0.169 e. The molecule has 0 nitrogen and oxygen atoms in total. The Balaban J connectivity index is 2.95. The summed E-state index contributed by atoms with van der Waals surface area (Å²) in [4.78, 5) is -2.32. The largest absolute Gasteiger partial charge is 0.411 e. The molecule has 0 saturated carbocycles. The second-order valence-electron chi connectivity index (χ2n) is 2.50. The lowest BCUT2D eigenvalue weighted by atomic mass is 9.99. The summed E-state index contributed by atoms with van der Waals surface area (Å²) in [6.07, 6.45) is -1.21. The van der Waals surface area contributed by atoms with Gasteiger partial charge in [0.1, 0.15) is 0 Å². The summed E-state index contributed by atoms with van der Waals surface area (Å²) >= 11 is 10.7. The summed E-state index contributed by atoms with van der Waals surface area (Å²) in [7, 11) is 0. The van der Waals surface area contributed by atoms with Gasteiger partial charge in [-0.25, -0.2) is 0 Å². The van der Waals surface area contributed by atoms with Crippen LogP contribution in [-0.2, 0) is 0 Å². The van der Waals surface area contributed by atoms with E-state index >= 15 is 0 Å². The number of allylic oxidation sites excluding steroid dienone is 4. The van der Waals surface area contributed by atoms with Crippen LogP contribution in [0.15, 0.2) is 23.3 Å². The Morgan fingerprint density at radius 3 is 2.33 bits per heavy atom. The van der Waals surface area contributed by atoms with Gasteiger partial charge in [-0.3, -0.25) is 0 Å². The van der Waals surface area contributed by atoms with E-state index in [-0.39, 0.29) is 11.5 Å². The van der Waals surface area contributed by atoms with E-state index in [1.807, 2.05) is 0 Å². The topological polar surface area (TPSA) is 0 Å². The molecule has 1 unspecified atom stereocenters. The predicted molar refractivity (Wildman–Crippen MR) is 42.3 cm³/mol. The Labute approximate surface area is 77.6 Å². The van der Waals surface area contributed by atoms with Gasteiger partial charge in [0.2, 0.25) is 0 Å². The monoisotopic (exact) mass is 216 g/mol. The molecule has 0 amide bonds. The normalized spacial score (nSPS) is 30.2.